The molecule has 0 fully saturated rings. The third-order valence-electron chi connectivity index (χ3n) is 1.44. The molecule has 0 rings (SSSR count). The van der Waals surface area contributed by atoms with Gasteiger partial charge < -0.3 is 25.4 Å². The number of rotatable bonds is 9. The zero-order chi connectivity index (χ0) is 11.7. The van der Waals surface area contributed by atoms with Crippen molar-refractivity contribution in [3.8, 4) is 0 Å². The van der Waals surface area contributed by atoms with Gasteiger partial charge in [-0.3, -0.25) is 4.79 Å². The zero-order valence-electron chi connectivity index (χ0n) is 8.22. The molecule has 0 saturated heterocycles. The van der Waals surface area contributed by atoms with Gasteiger partial charge in [0.1, 0.15) is 0 Å². The van der Waals surface area contributed by atoms with Crippen molar-refractivity contribution in [1.29, 1.82) is 0 Å². The van der Waals surface area contributed by atoms with Crippen molar-refractivity contribution in [2.24, 2.45) is 5.73 Å². The SMILES string of the molecule is NCCOCCOC(CC(=O)O)C(=O)O. The van der Waals surface area contributed by atoms with Gasteiger partial charge >= 0.3 is 11.9 Å². The average molecular weight is 221 g/mol. The molecule has 0 bridgehead atoms. The first-order valence-electron chi connectivity index (χ1n) is 4.42. The van der Waals surface area contributed by atoms with Gasteiger partial charge in [0.25, 0.3) is 0 Å². The van der Waals surface area contributed by atoms with Crippen molar-refractivity contribution < 1.29 is 29.3 Å². The van der Waals surface area contributed by atoms with E-state index >= 15 is 0 Å². The number of nitrogens with two attached hydrogens (primary N) is 1. The summed E-state index contributed by atoms with van der Waals surface area (Å²) in [5, 5.41) is 17.0. The second-order valence-electron chi connectivity index (χ2n) is 2.70. The van der Waals surface area contributed by atoms with Gasteiger partial charge in [-0.1, -0.05) is 0 Å². The van der Waals surface area contributed by atoms with Gasteiger partial charge in [0.2, 0.25) is 0 Å². The average Bonchev–Trinajstić information content (AvgIpc) is 2.15. The summed E-state index contributed by atoms with van der Waals surface area (Å²) in [5.74, 6) is -2.51. The summed E-state index contributed by atoms with van der Waals surface area (Å²) in [6, 6.07) is 0. The summed E-state index contributed by atoms with van der Waals surface area (Å²) in [7, 11) is 0. The van der Waals surface area contributed by atoms with Crippen LogP contribution in [0.4, 0.5) is 0 Å². The molecule has 0 aromatic rings. The third-order valence-corrected chi connectivity index (χ3v) is 1.44. The van der Waals surface area contributed by atoms with Crippen LogP contribution in [0.5, 0.6) is 0 Å². The molecule has 15 heavy (non-hydrogen) atoms. The van der Waals surface area contributed by atoms with Crippen molar-refractivity contribution in [3.05, 3.63) is 0 Å². The van der Waals surface area contributed by atoms with Crippen molar-refractivity contribution in [3.63, 3.8) is 0 Å². The van der Waals surface area contributed by atoms with Gasteiger partial charge in [-0.15, -0.1) is 0 Å². The quantitative estimate of drug-likeness (QED) is 0.423. The maximum absolute atomic E-state index is 10.5. The molecule has 7 nitrogen and oxygen atoms in total. The monoisotopic (exact) mass is 221 g/mol. The second kappa shape index (κ2) is 8.16. The second-order valence-corrected chi connectivity index (χ2v) is 2.70. The minimum absolute atomic E-state index is 0.0320. The minimum atomic E-state index is -1.33. The number of hydrogen-bond donors (Lipinski definition) is 3. The van der Waals surface area contributed by atoms with Crippen LogP contribution in [0.15, 0.2) is 0 Å². The van der Waals surface area contributed by atoms with E-state index < -0.39 is 24.5 Å². The predicted molar refractivity (Wildman–Crippen MR) is 49.5 cm³/mol. The Hall–Kier alpha value is -1.18. The lowest BCUT2D eigenvalue weighted by Gasteiger charge is -2.11. The number of hydrogen-bond acceptors (Lipinski definition) is 5. The van der Waals surface area contributed by atoms with Crippen LogP contribution in [0.25, 0.3) is 0 Å². The Morgan fingerprint density at radius 1 is 1.20 bits per heavy atom. The van der Waals surface area contributed by atoms with Gasteiger partial charge in [0, 0.05) is 6.54 Å². The van der Waals surface area contributed by atoms with Crippen LogP contribution in [-0.2, 0) is 19.1 Å². The van der Waals surface area contributed by atoms with Crippen molar-refractivity contribution in [2.45, 2.75) is 12.5 Å². The normalized spacial score (nSPS) is 12.3. The van der Waals surface area contributed by atoms with Gasteiger partial charge in [0.05, 0.1) is 26.2 Å². The van der Waals surface area contributed by atoms with Crippen molar-refractivity contribution >= 4 is 11.9 Å². The molecule has 0 radical (unpaired) electrons. The first-order chi connectivity index (χ1) is 7.07. The van der Waals surface area contributed by atoms with E-state index in [2.05, 4.69) is 0 Å². The van der Waals surface area contributed by atoms with E-state index in [-0.39, 0.29) is 13.2 Å². The van der Waals surface area contributed by atoms with E-state index in [1.807, 2.05) is 0 Å². The molecule has 0 spiro atoms. The maximum atomic E-state index is 10.5. The molecule has 0 aromatic heterocycles. The summed E-state index contributed by atoms with van der Waals surface area (Å²) in [5.41, 5.74) is 5.15. The highest BCUT2D eigenvalue weighted by atomic mass is 16.5. The molecule has 88 valence electrons. The van der Waals surface area contributed by atoms with E-state index in [0.717, 1.165) is 0 Å². The van der Waals surface area contributed by atoms with Crippen LogP contribution in [-0.4, -0.2) is 54.6 Å². The van der Waals surface area contributed by atoms with Crippen LogP contribution in [0, 0.1) is 0 Å². The summed E-state index contributed by atoms with van der Waals surface area (Å²) in [6.07, 6.45) is -1.89. The van der Waals surface area contributed by atoms with Gasteiger partial charge in [-0.25, -0.2) is 4.79 Å². The Kier molecular flexibility index (Phi) is 7.51. The Morgan fingerprint density at radius 2 is 1.87 bits per heavy atom. The fourth-order valence-electron chi connectivity index (χ4n) is 0.811. The largest absolute Gasteiger partial charge is 0.481 e. The van der Waals surface area contributed by atoms with Crippen LogP contribution >= 0.6 is 0 Å². The molecule has 0 aliphatic heterocycles. The molecule has 1 atom stereocenters. The number of carboxylic acids is 2. The lowest BCUT2D eigenvalue weighted by Crippen LogP contribution is -2.28. The fraction of sp³-hybridized carbons (Fsp3) is 0.750. The van der Waals surface area contributed by atoms with E-state index in [1.54, 1.807) is 0 Å². The van der Waals surface area contributed by atoms with Crippen LogP contribution in [0.1, 0.15) is 6.42 Å². The van der Waals surface area contributed by atoms with E-state index in [9.17, 15) is 9.59 Å². The van der Waals surface area contributed by atoms with E-state index in [1.165, 1.54) is 0 Å². The first kappa shape index (κ1) is 13.8. The topological polar surface area (TPSA) is 119 Å². The molecular formula is C8H15NO6. The van der Waals surface area contributed by atoms with Crippen LogP contribution in [0.3, 0.4) is 0 Å². The molecule has 0 aliphatic carbocycles. The van der Waals surface area contributed by atoms with E-state index in [0.29, 0.717) is 13.2 Å². The highest BCUT2D eigenvalue weighted by molar-refractivity contribution is 5.79. The first-order valence-corrected chi connectivity index (χ1v) is 4.42. The Labute approximate surface area is 86.8 Å². The molecule has 7 heteroatoms. The number of ether oxygens (including phenoxy) is 2. The zero-order valence-corrected chi connectivity index (χ0v) is 8.22. The Morgan fingerprint density at radius 3 is 2.33 bits per heavy atom. The van der Waals surface area contributed by atoms with Gasteiger partial charge in [0.15, 0.2) is 6.10 Å². The summed E-state index contributed by atoms with van der Waals surface area (Å²) >= 11 is 0. The molecule has 0 aromatic carbocycles. The summed E-state index contributed by atoms with van der Waals surface area (Å²) in [6.45, 7) is 0.961. The van der Waals surface area contributed by atoms with Crippen molar-refractivity contribution in [1.82, 2.24) is 0 Å². The van der Waals surface area contributed by atoms with E-state index in [4.69, 9.17) is 25.4 Å². The van der Waals surface area contributed by atoms with Crippen molar-refractivity contribution in [2.75, 3.05) is 26.4 Å². The maximum Gasteiger partial charge on any atom is 0.333 e. The summed E-state index contributed by atoms with van der Waals surface area (Å²) in [4.78, 5) is 20.8. The highest BCUT2D eigenvalue weighted by Gasteiger charge is 2.21. The lowest BCUT2D eigenvalue weighted by molar-refractivity contribution is -0.157. The van der Waals surface area contributed by atoms with Gasteiger partial charge in [-0.05, 0) is 0 Å². The molecule has 0 heterocycles. The molecule has 0 aliphatic rings. The minimum Gasteiger partial charge on any atom is -0.481 e. The fourth-order valence-corrected chi connectivity index (χ4v) is 0.811. The smallest absolute Gasteiger partial charge is 0.333 e. The van der Waals surface area contributed by atoms with Crippen LogP contribution in [0.2, 0.25) is 0 Å². The molecule has 1 unspecified atom stereocenters. The molecular weight excluding hydrogens is 206 g/mol. The number of aliphatic carboxylic acids is 2. The molecule has 4 N–H and O–H groups in total. The molecule has 0 saturated carbocycles. The lowest BCUT2D eigenvalue weighted by atomic mass is 10.2. The molecule has 0 amide bonds. The van der Waals surface area contributed by atoms with Crippen LogP contribution < -0.4 is 5.73 Å². The summed E-state index contributed by atoms with van der Waals surface area (Å²) < 4.78 is 9.74. The third kappa shape index (κ3) is 7.86. The number of carbonyl (C=O) groups is 2. The highest BCUT2D eigenvalue weighted by Crippen LogP contribution is 1.99. The Bertz CT molecular complexity index is 207. The Balaban J connectivity index is 3.67. The van der Waals surface area contributed by atoms with Gasteiger partial charge in [-0.2, -0.15) is 0 Å². The standard InChI is InChI=1S/C8H15NO6/c9-1-2-14-3-4-15-6(8(12)13)5-7(10)11/h6H,1-5,9H2,(H,10,11)(H,12,13). The predicted octanol–water partition coefficient (Wildman–Crippen LogP) is -1.09. The number of carboxylic acid groups (broad SMARTS) is 2.